The number of likely N-dealkylation sites (tertiary alicyclic amines) is 1. The average molecular weight is 923 g/mol. The summed E-state index contributed by atoms with van der Waals surface area (Å²) >= 11 is 6.05. The summed E-state index contributed by atoms with van der Waals surface area (Å²) in [6.45, 7) is 7.81. The highest BCUT2D eigenvalue weighted by molar-refractivity contribution is 8.77. The highest BCUT2D eigenvalue weighted by Crippen LogP contribution is 2.43. The molecule has 1 amide bonds. The molecule has 0 unspecified atom stereocenters. The van der Waals surface area contributed by atoms with Crippen molar-refractivity contribution in [1.29, 1.82) is 0 Å². The van der Waals surface area contributed by atoms with Gasteiger partial charge in [0.05, 0.1) is 15.5 Å². The van der Waals surface area contributed by atoms with Gasteiger partial charge in [-0.3, -0.25) is 28.8 Å². The van der Waals surface area contributed by atoms with E-state index >= 15 is 0 Å². The van der Waals surface area contributed by atoms with Crippen LogP contribution in [0, 0.1) is 17.0 Å². The van der Waals surface area contributed by atoms with Gasteiger partial charge in [-0.2, -0.15) is 4.68 Å². The third-order valence-corrected chi connectivity index (χ3v) is 16.4. The van der Waals surface area contributed by atoms with Gasteiger partial charge in [-0.15, -0.1) is 5.10 Å². The molecule has 1 saturated heterocycles. The van der Waals surface area contributed by atoms with Gasteiger partial charge in [-0.05, 0) is 126 Å². The van der Waals surface area contributed by atoms with Crippen molar-refractivity contribution < 1.29 is 9.72 Å². The third kappa shape index (κ3) is 14.4. The number of amides is 1. The molecule has 0 radical (unpaired) electrons. The van der Waals surface area contributed by atoms with Crippen LogP contribution >= 0.6 is 76.4 Å². The largest absolute Gasteiger partial charge is 0.331 e. The van der Waals surface area contributed by atoms with Crippen LogP contribution in [0.2, 0.25) is 5.02 Å². The van der Waals surface area contributed by atoms with E-state index in [1.807, 2.05) is 55.5 Å². The van der Waals surface area contributed by atoms with Crippen molar-refractivity contribution >= 4 is 93.6 Å². The standard InChI is InChI=1S/C14H14ClN3O3S2.C13H18N2O2S2.C10H12N4S2/c1-8(19)16-9-4-6-10(7-5-9)22-23-13-11(15)12(20)17(2)14(21)18(13)3;1-10-3-4-12(15(16)17)13(9-10)19-18-11-5-7-14(2)8-6-11;1-2-8-15-16-10-11-12-13-14(10)9-6-4-3-5-7-9/h4-7H,1-3H3,(H,16,19);3-4,9,11H,5-8H2,1-2H3;3-7H,2,8H2,1H3. The number of carbonyl (C=O) groups excluding carboxylic acids is 1. The number of nitrogens with one attached hydrogen (secondary N) is 1. The zero-order valence-corrected chi connectivity index (χ0v) is 38.3. The first-order valence-corrected chi connectivity index (χ1v) is 24.9. The maximum atomic E-state index is 11.9. The summed E-state index contributed by atoms with van der Waals surface area (Å²) in [5.41, 5.74) is 2.04. The molecule has 0 atom stereocenters. The van der Waals surface area contributed by atoms with Crippen LogP contribution in [0.15, 0.2) is 102 Å². The molecule has 14 nitrogen and oxygen atoms in total. The second kappa shape index (κ2) is 24.0. The summed E-state index contributed by atoms with van der Waals surface area (Å²) in [6, 6.07) is 22.4. The summed E-state index contributed by atoms with van der Waals surface area (Å²) in [4.78, 5) is 49.5. The van der Waals surface area contributed by atoms with E-state index < -0.39 is 11.2 Å². The lowest BCUT2D eigenvalue weighted by atomic mass is 10.1. The Hall–Kier alpha value is -3.37. The predicted molar refractivity (Wildman–Crippen MR) is 244 cm³/mol. The van der Waals surface area contributed by atoms with Crippen molar-refractivity contribution in [2.24, 2.45) is 14.1 Å². The number of tetrazole rings is 1. The topological polar surface area (TPSA) is 163 Å². The predicted octanol–water partition coefficient (Wildman–Crippen LogP) is 9.05. The summed E-state index contributed by atoms with van der Waals surface area (Å²) in [7, 11) is 14.4. The number of aryl methyl sites for hydroxylation is 1. The number of rotatable bonds is 13. The first kappa shape index (κ1) is 47.3. The Kier molecular flexibility index (Phi) is 19.6. The third-order valence-electron chi connectivity index (χ3n) is 8.06. The molecule has 6 rings (SSSR count). The van der Waals surface area contributed by atoms with Crippen molar-refractivity contribution in [1.82, 2.24) is 34.2 Å². The summed E-state index contributed by atoms with van der Waals surface area (Å²) in [5.74, 6) is 0.966. The molecule has 1 aliphatic rings. The molecule has 21 heteroatoms. The van der Waals surface area contributed by atoms with Crippen LogP contribution in [0.3, 0.4) is 0 Å². The highest BCUT2D eigenvalue weighted by Gasteiger charge is 2.21. The van der Waals surface area contributed by atoms with Crippen LogP contribution in [0.4, 0.5) is 11.4 Å². The van der Waals surface area contributed by atoms with Gasteiger partial charge in [0.2, 0.25) is 11.1 Å². The SMILES string of the molecule is CC(=O)Nc1ccc(SSc2c(Cl)c(=O)n(C)c(=O)n2C)cc1.CCCSSc1nnnn1-c1ccccc1.Cc1ccc([N+](=O)[O-])c(SSC2CCN(C)CC2)c1. The quantitative estimate of drug-likeness (QED) is 0.0391. The molecular formula is C37H44ClN9O5S6. The van der Waals surface area contributed by atoms with Gasteiger partial charge in [-0.25, -0.2) is 4.79 Å². The van der Waals surface area contributed by atoms with Gasteiger partial charge in [0.1, 0.15) is 10.0 Å². The van der Waals surface area contributed by atoms with E-state index in [9.17, 15) is 24.5 Å². The number of nitro groups is 1. The van der Waals surface area contributed by atoms with Gasteiger partial charge in [0, 0.05) is 48.7 Å². The van der Waals surface area contributed by atoms with Gasteiger partial charge < -0.3 is 10.2 Å². The van der Waals surface area contributed by atoms with E-state index in [0.29, 0.717) is 16.0 Å². The minimum Gasteiger partial charge on any atom is -0.326 e. The number of nitro benzene ring substituents is 1. The van der Waals surface area contributed by atoms with E-state index in [1.54, 1.807) is 79.2 Å². The van der Waals surface area contributed by atoms with Gasteiger partial charge in [-0.1, -0.05) is 86.0 Å². The lowest BCUT2D eigenvalue weighted by molar-refractivity contribution is -0.387. The Morgan fingerprint density at radius 1 is 0.948 bits per heavy atom. The smallest absolute Gasteiger partial charge is 0.326 e. The molecule has 1 N–H and O–H groups in total. The molecule has 5 aromatic rings. The number of piperidine rings is 1. The lowest BCUT2D eigenvalue weighted by Gasteiger charge is -2.27. The molecule has 1 aliphatic heterocycles. The van der Waals surface area contributed by atoms with Crippen LogP contribution in [0.1, 0.15) is 38.7 Å². The maximum absolute atomic E-state index is 11.9. The fourth-order valence-corrected chi connectivity index (χ4v) is 12.5. The Bertz CT molecular complexity index is 2200. The molecule has 1 fully saturated rings. The second-order valence-electron chi connectivity index (χ2n) is 12.7. The van der Waals surface area contributed by atoms with E-state index in [0.717, 1.165) is 68.9 Å². The van der Waals surface area contributed by atoms with Gasteiger partial charge in [0.25, 0.3) is 11.2 Å². The first-order valence-electron chi connectivity index (χ1n) is 17.9. The van der Waals surface area contributed by atoms with E-state index in [1.165, 1.54) is 40.1 Å². The van der Waals surface area contributed by atoms with Crippen molar-refractivity contribution in [2.75, 3.05) is 31.2 Å². The molecule has 0 spiro atoms. The minimum absolute atomic E-state index is 0.0157. The Morgan fingerprint density at radius 2 is 1.64 bits per heavy atom. The van der Waals surface area contributed by atoms with Crippen molar-refractivity contribution in [2.45, 2.75) is 65.3 Å². The lowest BCUT2D eigenvalue weighted by Crippen LogP contribution is -2.37. The Morgan fingerprint density at radius 3 is 2.28 bits per heavy atom. The molecule has 2 aromatic heterocycles. The number of hydrogen-bond acceptors (Lipinski definition) is 15. The number of halogens is 1. The van der Waals surface area contributed by atoms with Gasteiger partial charge in [0.15, 0.2) is 0 Å². The normalized spacial score (nSPS) is 12.9. The fourth-order valence-electron chi connectivity index (χ4n) is 4.94. The number of anilines is 1. The summed E-state index contributed by atoms with van der Waals surface area (Å²) < 4.78 is 4.07. The van der Waals surface area contributed by atoms with E-state index in [4.69, 9.17) is 11.6 Å². The molecule has 0 bridgehead atoms. The Labute approximate surface area is 365 Å². The number of carbonyl (C=O) groups is 1. The zero-order valence-electron chi connectivity index (χ0n) is 32.7. The number of para-hydroxylation sites is 1. The van der Waals surface area contributed by atoms with Crippen LogP contribution in [-0.4, -0.2) is 76.2 Å². The van der Waals surface area contributed by atoms with Crippen molar-refractivity contribution in [3.05, 3.63) is 114 Å². The van der Waals surface area contributed by atoms with Crippen molar-refractivity contribution in [3.63, 3.8) is 0 Å². The monoisotopic (exact) mass is 921 g/mol. The molecule has 0 saturated carbocycles. The summed E-state index contributed by atoms with van der Waals surface area (Å²) in [5, 5.41) is 27.2. The number of hydrogen-bond donors (Lipinski definition) is 1. The molecule has 310 valence electrons. The van der Waals surface area contributed by atoms with E-state index in [-0.39, 0.29) is 21.5 Å². The molecule has 3 aromatic carbocycles. The number of aromatic nitrogens is 6. The van der Waals surface area contributed by atoms with Crippen LogP contribution in [0.5, 0.6) is 0 Å². The zero-order chi connectivity index (χ0) is 42.2. The fraction of sp³-hybridized carbons (Fsp3) is 0.351. The average Bonchev–Trinajstić information content (AvgIpc) is 3.69. The molecular weight excluding hydrogens is 878 g/mol. The van der Waals surface area contributed by atoms with E-state index in [2.05, 4.69) is 39.7 Å². The highest BCUT2D eigenvalue weighted by atomic mass is 35.5. The molecule has 58 heavy (non-hydrogen) atoms. The Balaban J connectivity index is 0.000000196. The minimum atomic E-state index is -0.515. The van der Waals surface area contributed by atoms with Crippen LogP contribution < -0.4 is 16.6 Å². The number of benzene rings is 3. The van der Waals surface area contributed by atoms with Crippen LogP contribution in [0.25, 0.3) is 5.69 Å². The first-order chi connectivity index (χ1) is 27.8. The molecule has 0 aliphatic carbocycles. The number of nitrogens with zero attached hydrogens (tertiary/aromatic N) is 8. The second-order valence-corrected chi connectivity index (χ2v) is 20.2. The van der Waals surface area contributed by atoms with Crippen LogP contribution in [-0.2, 0) is 18.9 Å². The maximum Gasteiger partial charge on any atom is 0.331 e. The van der Waals surface area contributed by atoms with Gasteiger partial charge >= 0.3 is 5.69 Å². The summed E-state index contributed by atoms with van der Waals surface area (Å²) in [6.07, 6.45) is 3.48. The van der Waals surface area contributed by atoms with Crippen molar-refractivity contribution in [3.8, 4) is 5.69 Å². The molecule has 3 heterocycles.